The van der Waals surface area contributed by atoms with Crippen LogP contribution in [0.3, 0.4) is 0 Å². The molecule has 0 aliphatic carbocycles. The lowest BCUT2D eigenvalue weighted by Gasteiger charge is -2.37. The normalized spacial score (nSPS) is 17.6. The third-order valence-corrected chi connectivity index (χ3v) is 8.46. The van der Waals surface area contributed by atoms with E-state index in [4.69, 9.17) is 9.47 Å². The first kappa shape index (κ1) is 34.5. The lowest BCUT2D eigenvalue weighted by molar-refractivity contribution is -0.879. The van der Waals surface area contributed by atoms with Gasteiger partial charge in [0.25, 0.3) is 11.8 Å². The first-order valence-corrected chi connectivity index (χ1v) is 17.2. The van der Waals surface area contributed by atoms with Gasteiger partial charge in [-0.2, -0.15) is 4.37 Å². The number of rotatable bonds is 23. The Morgan fingerprint density at radius 1 is 0.875 bits per heavy atom. The smallest absolute Gasteiger partial charge is 0.314 e. The molecule has 7 heteroatoms. The van der Waals surface area contributed by atoms with Crippen LogP contribution < -0.4 is 4.74 Å². The van der Waals surface area contributed by atoms with Crippen LogP contribution in [0, 0.1) is 0 Å². The number of aromatic nitrogens is 2. The van der Waals surface area contributed by atoms with Crippen molar-refractivity contribution in [2.75, 3.05) is 26.7 Å². The predicted molar refractivity (Wildman–Crippen MR) is 168 cm³/mol. The van der Waals surface area contributed by atoms with E-state index in [-0.39, 0.29) is 5.97 Å². The molecule has 1 unspecified atom stereocenters. The maximum absolute atomic E-state index is 12.4. The summed E-state index contributed by atoms with van der Waals surface area (Å²) < 4.78 is 21.6. The molecule has 40 heavy (non-hydrogen) atoms. The highest BCUT2D eigenvalue weighted by Crippen LogP contribution is 2.33. The first-order chi connectivity index (χ1) is 19.5. The van der Waals surface area contributed by atoms with E-state index in [1.807, 2.05) is 6.92 Å². The molecule has 0 amide bonds. The number of esters is 1. The third-order valence-electron chi connectivity index (χ3n) is 7.95. The van der Waals surface area contributed by atoms with E-state index in [1.54, 1.807) is 0 Å². The number of unbranched alkanes of at least 4 members (excludes halogenated alkanes) is 15. The average molecular weight is 577 g/mol. The number of allylic oxidation sites excluding steroid dienone is 1. The Labute approximate surface area is 249 Å². The van der Waals surface area contributed by atoms with Crippen molar-refractivity contribution in [1.82, 2.24) is 8.75 Å². The van der Waals surface area contributed by atoms with Crippen LogP contribution in [0.2, 0.25) is 0 Å². The minimum Gasteiger partial charge on any atom is -0.475 e. The number of hydrogen-bond acceptors (Lipinski definition) is 6. The van der Waals surface area contributed by atoms with Crippen molar-refractivity contribution >= 4 is 23.3 Å². The second-order valence-electron chi connectivity index (χ2n) is 11.7. The summed E-state index contributed by atoms with van der Waals surface area (Å²) in [7, 11) is 2.18. The topological polar surface area (TPSA) is 61.3 Å². The monoisotopic (exact) mass is 576 g/mol. The van der Waals surface area contributed by atoms with Gasteiger partial charge in [-0.3, -0.25) is 9.28 Å². The summed E-state index contributed by atoms with van der Waals surface area (Å²) in [5.41, 5.74) is 1.99. The molecule has 0 radical (unpaired) electrons. The van der Waals surface area contributed by atoms with E-state index >= 15 is 0 Å². The number of likely N-dealkylation sites (N-methyl/N-ethyl adjacent to an activating group) is 1. The van der Waals surface area contributed by atoms with Crippen LogP contribution in [-0.4, -0.2) is 45.9 Å². The van der Waals surface area contributed by atoms with Crippen LogP contribution in [0.5, 0.6) is 5.88 Å². The summed E-state index contributed by atoms with van der Waals surface area (Å²) >= 11 is 1.21. The molecule has 0 aromatic carbocycles. The summed E-state index contributed by atoms with van der Waals surface area (Å²) in [6.07, 6.45) is 27.4. The van der Waals surface area contributed by atoms with Crippen molar-refractivity contribution in [1.29, 1.82) is 0 Å². The maximum Gasteiger partial charge on any atom is 0.314 e. The second-order valence-corrected chi connectivity index (χ2v) is 12.2. The van der Waals surface area contributed by atoms with Crippen LogP contribution in [0.1, 0.15) is 148 Å². The molecule has 0 saturated carbocycles. The van der Waals surface area contributed by atoms with Crippen LogP contribution in [0.25, 0.3) is 5.57 Å². The fraction of sp³-hybridized carbons (Fsp3) is 0.788. The van der Waals surface area contributed by atoms with Gasteiger partial charge < -0.3 is 9.47 Å². The van der Waals surface area contributed by atoms with Crippen molar-refractivity contribution in [2.24, 2.45) is 0 Å². The van der Waals surface area contributed by atoms with E-state index in [0.717, 1.165) is 55.9 Å². The first-order valence-electron chi connectivity index (χ1n) is 16.4. The van der Waals surface area contributed by atoms with Gasteiger partial charge in [-0.15, -0.1) is 4.37 Å². The average Bonchev–Trinajstić information content (AvgIpc) is 3.43. The summed E-state index contributed by atoms with van der Waals surface area (Å²) in [5.74, 6) is 1.27. The molecule has 2 heterocycles. The van der Waals surface area contributed by atoms with Gasteiger partial charge in [0, 0.05) is 24.5 Å². The van der Waals surface area contributed by atoms with Crippen LogP contribution in [-0.2, 0) is 9.53 Å². The van der Waals surface area contributed by atoms with Crippen LogP contribution in [0.15, 0.2) is 18.0 Å². The van der Waals surface area contributed by atoms with Gasteiger partial charge in [-0.05, 0) is 19.3 Å². The molecule has 1 aromatic heterocycles. The van der Waals surface area contributed by atoms with Gasteiger partial charge >= 0.3 is 5.97 Å². The van der Waals surface area contributed by atoms with Crippen LogP contribution in [0.4, 0.5) is 0 Å². The molecule has 0 N–H and O–H groups in total. The third kappa shape index (κ3) is 13.3. The quantitative estimate of drug-likeness (QED) is 0.0562. The molecule has 6 nitrogen and oxygen atoms in total. The Balaban J connectivity index is 1.84. The Bertz CT molecular complexity index is 882. The molecule has 1 aliphatic rings. The molecule has 0 fully saturated rings. The highest BCUT2D eigenvalue weighted by atomic mass is 32.1. The summed E-state index contributed by atoms with van der Waals surface area (Å²) in [6.45, 7) is 8.65. The predicted octanol–water partition coefficient (Wildman–Crippen LogP) is 9.62. The van der Waals surface area contributed by atoms with E-state index in [9.17, 15) is 4.79 Å². The maximum atomic E-state index is 12.4. The molecule has 1 atom stereocenters. The van der Waals surface area contributed by atoms with Gasteiger partial charge in [0.05, 0.1) is 31.9 Å². The highest BCUT2D eigenvalue weighted by Gasteiger charge is 2.36. The molecule has 2 rings (SSSR count). The number of carbonyl (C=O) groups excluding carboxylic acids is 1. The Morgan fingerprint density at radius 2 is 1.48 bits per heavy atom. The molecule has 0 bridgehead atoms. The number of quaternary nitrogens is 1. The van der Waals surface area contributed by atoms with Gasteiger partial charge in [-0.1, -0.05) is 117 Å². The Morgan fingerprint density at radius 3 is 2.10 bits per heavy atom. The zero-order valence-electron chi connectivity index (χ0n) is 26.2. The molecule has 228 valence electrons. The summed E-state index contributed by atoms with van der Waals surface area (Å²) in [5, 5.41) is 0. The zero-order valence-corrected chi connectivity index (χ0v) is 27.0. The van der Waals surface area contributed by atoms with Crippen molar-refractivity contribution in [3.05, 3.63) is 23.7 Å². The van der Waals surface area contributed by atoms with Gasteiger partial charge in [-0.25, -0.2) is 0 Å². The van der Waals surface area contributed by atoms with Crippen molar-refractivity contribution in [2.45, 2.75) is 143 Å². The molecule has 0 spiro atoms. The second kappa shape index (κ2) is 21.0. The zero-order chi connectivity index (χ0) is 28.9. The molecular weight excluding hydrogens is 518 g/mol. The number of hydrogen-bond donors (Lipinski definition) is 0. The number of nitrogens with zero attached hydrogens (tertiary/aromatic N) is 3. The largest absolute Gasteiger partial charge is 0.475 e. The summed E-state index contributed by atoms with van der Waals surface area (Å²) in [4.78, 5) is 12.4. The lowest BCUT2D eigenvalue weighted by Crippen LogP contribution is -2.48. The lowest BCUT2D eigenvalue weighted by atomic mass is 10.0. The van der Waals surface area contributed by atoms with Crippen molar-refractivity contribution in [3.8, 4) is 5.88 Å². The minimum absolute atomic E-state index is 0.164. The highest BCUT2D eigenvalue weighted by molar-refractivity contribution is 6.99. The Hall–Kier alpha value is -1.73. The van der Waals surface area contributed by atoms with Crippen LogP contribution >= 0.6 is 11.7 Å². The molecule has 1 aromatic rings. The summed E-state index contributed by atoms with van der Waals surface area (Å²) in [6, 6.07) is 0. The SMILES string of the molecule is CCCCCCCCCCCCCC/C=C(\OC(=O)CC)[N+]1(C)CCC=C(c2nsnc2OCCCCCC)C1. The fourth-order valence-corrected chi connectivity index (χ4v) is 5.87. The van der Waals surface area contributed by atoms with E-state index in [2.05, 4.69) is 41.8 Å². The van der Waals surface area contributed by atoms with Crippen molar-refractivity contribution < 1.29 is 18.8 Å². The van der Waals surface area contributed by atoms with Gasteiger partial charge in [0.1, 0.15) is 12.2 Å². The van der Waals surface area contributed by atoms with Gasteiger partial charge in [0.15, 0.2) is 0 Å². The van der Waals surface area contributed by atoms with Gasteiger partial charge in [0.2, 0.25) is 0 Å². The standard InChI is InChI=1S/C33H58N3O3S/c1-5-8-10-12-13-14-15-16-17-18-19-20-21-25-30(39-31(37)7-3)36(4)26-23-24-29(28-36)32-33(35-40-34-32)38-27-22-11-9-6-2/h24-25H,5-23,26-28H2,1-4H3/q+1/b30-25-. The van der Waals surface area contributed by atoms with Crippen molar-refractivity contribution in [3.63, 3.8) is 0 Å². The minimum atomic E-state index is -0.164. The number of ether oxygens (including phenoxy) is 2. The van der Waals surface area contributed by atoms with E-state index < -0.39 is 0 Å². The van der Waals surface area contributed by atoms with E-state index in [1.165, 1.54) is 102 Å². The molecule has 1 aliphatic heterocycles. The Kier molecular flexibility index (Phi) is 18.1. The molecule has 0 saturated heterocycles. The fourth-order valence-electron chi connectivity index (χ4n) is 5.34. The molecular formula is C33H58N3O3S+. The van der Waals surface area contributed by atoms with E-state index in [0.29, 0.717) is 23.4 Å². The number of carbonyl (C=O) groups is 1.